The molecule has 1 aromatic carbocycles. The second kappa shape index (κ2) is 11.7. The van der Waals surface area contributed by atoms with Gasteiger partial charge in [0, 0.05) is 35.3 Å². The molecule has 0 spiro atoms. The number of rotatable bonds is 10. The zero-order valence-corrected chi connectivity index (χ0v) is 21.9. The molecule has 0 bridgehead atoms. The van der Waals surface area contributed by atoms with Crippen LogP contribution in [0.15, 0.2) is 53.6 Å². The Labute approximate surface area is 218 Å². The lowest BCUT2D eigenvalue weighted by Gasteiger charge is -2.31. The topological polar surface area (TPSA) is 94.3 Å². The zero-order chi connectivity index (χ0) is 25.6. The van der Waals surface area contributed by atoms with E-state index in [9.17, 15) is 4.79 Å². The molecule has 8 heteroatoms. The molecular formula is C29H37N7O. The number of nitrogens with zero attached hydrogens (tertiary/aromatic N) is 6. The second-order valence-corrected chi connectivity index (χ2v) is 10.2. The molecule has 0 radical (unpaired) electrons. The molecule has 1 N–H and O–H groups in total. The van der Waals surface area contributed by atoms with E-state index in [0.29, 0.717) is 24.3 Å². The number of tetrazole rings is 1. The van der Waals surface area contributed by atoms with Crippen molar-refractivity contribution < 1.29 is 0 Å². The summed E-state index contributed by atoms with van der Waals surface area (Å²) in [6, 6.07) is 12.4. The number of aryl methyl sites for hydroxylation is 1. The van der Waals surface area contributed by atoms with Gasteiger partial charge < -0.3 is 0 Å². The van der Waals surface area contributed by atoms with E-state index in [4.69, 9.17) is 4.98 Å². The standard InChI is InChI=1S/C29H37N7O/c1-3-5-12-24-20-36(27-15-9-6-11-21(27)10-4-2)29(37)35(24)19-23-17-16-22(18-30-23)25-13-7-8-14-26(25)28-31-33-34-32-28/h7-8,13-14,16-18,20-21,27H,3-6,9-12,15,19H2,1-2H3,(H,31,32,33,34). The SMILES string of the molecule is CCCCc1cn(C2CCCCC2CCC)c(=O)n1Cc1ccc(-c2ccccc2-c2nn[nH]n2)cn1. The van der Waals surface area contributed by atoms with Crippen LogP contribution in [0.5, 0.6) is 0 Å². The van der Waals surface area contributed by atoms with Crippen molar-refractivity contribution in [2.24, 2.45) is 5.92 Å². The minimum Gasteiger partial charge on any atom is -0.296 e. The number of hydrogen-bond donors (Lipinski definition) is 1. The zero-order valence-electron chi connectivity index (χ0n) is 21.9. The molecule has 4 aromatic rings. The maximum absolute atomic E-state index is 13.7. The fourth-order valence-electron chi connectivity index (χ4n) is 5.82. The molecule has 0 saturated heterocycles. The molecule has 0 amide bonds. The van der Waals surface area contributed by atoms with Gasteiger partial charge in [-0.25, -0.2) is 4.79 Å². The maximum Gasteiger partial charge on any atom is 0.328 e. The highest BCUT2D eigenvalue weighted by Crippen LogP contribution is 2.36. The summed E-state index contributed by atoms with van der Waals surface area (Å²) in [5.41, 5.74) is 5.00. The van der Waals surface area contributed by atoms with Crippen molar-refractivity contribution in [3.8, 4) is 22.5 Å². The third-order valence-electron chi connectivity index (χ3n) is 7.73. The van der Waals surface area contributed by atoms with Crippen molar-refractivity contribution >= 4 is 0 Å². The maximum atomic E-state index is 13.7. The number of pyridine rings is 1. The van der Waals surface area contributed by atoms with Gasteiger partial charge in [-0.15, -0.1) is 10.2 Å². The molecule has 3 aromatic heterocycles. The summed E-state index contributed by atoms with van der Waals surface area (Å²) in [4.78, 5) is 18.5. The fraction of sp³-hybridized carbons (Fsp3) is 0.483. The first kappa shape index (κ1) is 25.1. The highest BCUT2D eigenvalue weighted by atomic mass is 16.1. The van der Waals surface area contributed by atoms with E-state index in [1.54, 1.807) is 0 Å². The van der Waals surface area contributed by atoms with Crippen LogP contribution in [0.3, 0.4) is 0 Å². The van der Waals surface area contributed by atoms with Crippen molar-refractivity contribution in [2.45, 2.75) is 84.2 Å². The van der Waals surface area contributed by atoms with Crippen molar-refractivity contribution in [2.75, 3.05) is 0 Å². The number of imidazole rings is 1. The quantitative estimate of drug-likeness (QED) is 0.297. The number of hydrogen-bond acceptors (Lipinski definition) is 5. The Balaban J connectivity index is 1.43. The van der Waals surface area contributed by atoms with Crippen molar-refractivity contribution in [3.05, 3.63) is 70.7 Å². The summed E-state index contributed by atoms with van der Waals surface area (Å²) in [6.07, 6.45) is 14.3. The Bertz CT molecular complexity index is 1340. The van der Waals surface area contributed by atoms with E-state index in [-0.39, 0.29) is 5.69 Å². The van der Waals surface area contributed by atoms with E-state index in [0.717, 1.165) is 53.8 Å². The average Bonchev–Trinajstić information content (AvgIpc) is 3.58. The molecule has 3 heterocycles. The van der Waals surface area contributed by atoms with Gasteiger partial charge in [-0.1, -0.05) is 69.9 Å². The Morgan fingerprint density at radius 1 is 1.03 bits per heavy atom. The first-order chi connectivity index (χ1) is 18.2. The number of H-pyrrole nitrogens is 1. The summed E-state index contributed by atoms with van der Waals surface area (Å²) in [6.45, 7) is 4.94. The number of unbranched alkanes of at least 4 members (excludes halogenated alkanes) is 1. The molecule has 1 fully saturated rings. The van der Waals surface area contributed by atoms with Gasteiger partial charge in [0.15, 0.2) is 0 Å². The molecule has 1 saturated carbocycles. The Kier molecular flexibility index (Phi) is 7.92. The number of nitrogens with one attached hydrogen (secondary N) is 1. The van der Waals surface area contributed by atoms with Gasteiger partial charge in [0.2, 0.25) is 5.82 Å². The largest absolute Gasteiger partial charge is 0.328 e. The molecule has 0 aliphatic heterocycles. The van der Waals surface area contributed by atoms with Crippen LogP contribution in [0.1, 0.15) is 82.6 Å². The fourth-order valence-corrected chi connectivity index (χ4v) is 5.82. The third kappa shape index (κ3) is 5.43. The summed E-state index contributed by atoms with van der Waals surface area (Å²) >= 11 is 0. The van der Waals surface area contributed by atoms with Crippen LogP contribution in [0.25, 0.3) is 22.5 Å². The number of aromatic amines is 1. The van der Waals surface area contributed by atoms with E-state index in [1.165, 1.54) is 32.1 Å². The Hall–Kier alpha value is -3.55. The monoisotopic (exact) mass is 499 g/mol. The van der Waals surface area contributed by atoms with Crippen LogP contribution < -0.4 is 5.69 Å². The van der Waals surface area contributed by atoms with E-state index in [1.807, 2.05) is 41.1 Å². The van der Waals surface area contributed by atoms with Gasteiger partial charge in [0.1, 0.15) is 0 Å². The predicted octanol–water partition coefficient (Wildman–Crippen LogP) is 5.81. The summed E-state index contributed by atoms with van der Waals surface area (Å²) in [5, 5.41) is 14.5. The van der Waals surface area contributed by atoms with Crippen molar-refractivity contribution in [1.29, 1.82) is 0 Å². The van der Waals surface area contributed by atoms with E-state index in [2.05, 4.69) is 51.3 Å². The van der Waals surface area contributed by atoms with E-state index >= 15 is 0 Å². The Morgan fingerprint density at radius 2 is 1.86 bits per heavy atom. The van der Waals surface area contributed by atoms with Crippen LogP contribution in [-0.2, 0) is 13.0 Å². The van der Waals surface area contributed by atoms with Crippen LogP contribution in [0.4, 0.5) is 0 Å². The van der Waals surface area contributed by atoms with Crippen molar-refractivity contribution in [3.63, 3.8) is 0 Å². The first-order valence-corrected chi connectivity index (χ1v) is 13.8. The first-order valence-electron chi connectivity index (χ1n) is 13.8. The summed E-state index contributed by atoms with van der Waals surface area (Å²) < 4.78 is 4.03. The van der Waals surface area contributed by atoms with Gasteiger partial charge in [-0.3, -0.25) is 14.1 Å². The molecule has 2 unspecified atom stereocenters. The average molecular weight is 500 g/mol. The molecule has 1 aliphatic rings. The highest BCUT2D eigenvalue weighted by molar-refractivity contribution is 5.79. The van der Waals surface area contributed by atoms with Gasteiger partial charge in [-0.05, 0) is 54.9 Å². The van der Waals surface area contributed by atoms with Gasteiger partial charge in [0.25, 0.3) is 0 Å². The highest BCUT2D eigenvalue weighted by Gasteiger charge is 2.28. The van der Waals surface area contributed by atoms with Gasteiger partial charge >= 0.3 is 5.69 Å². The number of benzene rings is 1. The summed E-state index contributed by atoms with van der Waals surface area (Å²) in [7, 11) is 0. The normalized spacial score (nSPS) is 17.8. The lowest BCUT2D eigenvalue weighted by atomic mass is 9.81. The van der Waals surface area contributed by atoms with E-state index < -0.39 is 0 Å². The molecule has 1 aliphatic carbocycles. The second-order valence-electron chi connectivity index (χ2n) is 10.2. The molecule has 2 atom stereocenters. The van der Waals surface area contributed by atoms with Gasteiger partial charge in [-0.2, -0.15) is 5.21 Å². The van der Waals surface area contributed by atoms with Gasteiger partial charge in [0.05, 0.1) is 12.2 Å². The predicted molar refractivity (Wildman–Crippen MR) is 145 cm³/mol. The number of aromatic nitrogens is 7. The van der Waals surface area contributed by atoms with Crippen LogP contribution in [0.2, 0.25) is 0 Å². The summed E-state index contributed by atoms with van der Waals surface area (Å²) in [5.74, 6) is 1.15. The minimum atomic E-state index is 0.118. The minimum absolute atomic E-state index is 0.118. The Morgan fingerprint density at radius 3 is 2.59 bits per heavy atom. The molecule has 5 rings (SSSR count). The molecule has 8 nitrogen and oxygen atoms in total. The van der Waals surface area contributed by atoms with Crippen molar-refractivity contribution in [1.82, 2.24) is 34.7 Å². The third-order valence-corrected chi connectivity index (χ3v) is 7.73. The van der Waals surface area contributed by atoms with Crippen LogP contribution in [-0.4, -0.2) is 34.7 Å². The lowest BCUT2D eigenvalue weighted by molar-refractivity contribution is 0.220. The molecular weight excluding hydrogens is 462 g/mol. The van der Waals surface area contributed by atoms with Crippen LogP contribution in [0, 0.1) is 5.92 Å². The molecule has 194 valence electrons. The van der Waals surface area contributed by atoms with Crippen LogP contribution >= 0.6 is 0 Å². The lowest BCUT2D eigenvalue weighted by Crippen LogP contribution is -2.33. The smallest absolute Gasteiger partial charge is 0.296 e. The molecule has 37 heavy (non-hydrogen) atoms.